The zero-order valence-corrected chi connectivity index (χ0v) is 17.2. The topological polar surface area (TPSA) is 64.3 Å². The molecule has 6 nitrogen and oxygen atoms in total. The number of benzene rings is 2. The summed E-state index contributed by atoms with van der Waals surface area (Å²) in [6.45, 7) is 0.768. The largest absolute Gasteiger partial charge is 0.497 e. The second-order valence-corrected chi connectivity index (χ2v) is 7.43. The Balaban J connectivity index is 1.48. The van der Waals surface area contributed by atoms with Crippen molar-refractivity contribution in [1.82, 2.24) is 4.90 Å². The van der Waals surface area contributed by atoms with Gasteiger partial charge < -0.3 is 18.9 Å². The maximum atomic E-state index is 13.0. The summed E-state index contributed by atoms with van der Waals surface area (Å²) in [4.78, 5) is 20.4. The Kier molecular flexibility index (Phi) is 6.05. The van der Waals surface area contributed by atoms with E-state index in [1.807, 2.05) is 48.5 Å². The molecule has 7 heteroatoms. The zero-order chi connectivity index (χ0) is 20.9. The van der Waals surface area contributed by atoms with Crippen molar-refractivity contribution in [3.63, 3.8) is 0 Å². The van der Waals surface area contributed by atoms with E-state index in [1.54, 1.807) is 24.1 Å². The average Bonchev–Trinajstić information content (AvgIpc) is 3.46. The SMILES string of the molecule is COc1cccc(CN(CC2CC(c3ccc(Cl)cc3)=NO2)C(=O)c2ccco2)c1. The Morgan fingerprint density at radius 3 is 2.77 bits per heavy atom. The fourth-order valence-corrected chi connectivity index (χ4v) is 3.48. The van der Waals surface area contributed by atoms with Gasteiger partial charge in [-0.05, 0) is 47.5 Å². The van der Waals surface area contributed by atoms with Gasteiger partial charge in [0.1, 0.15) is 5.75 Å². The Bertz CT molecular complexity index is 1030. The molecule has 1 aliphatic heterocycles. The van der Waals surface area contributed by atoms with E-state index in [4.69, 9.17) is 25.6 Å². The van der Waals surface area contributed by atoms with Crippen molar-refractivity contribution in [3.05, 3.63) is 88.8 Å². The molecule has 1 unspecified atom stereocenters. The molecule has 1 amide bonds. The summed E-state index contributed by atoms with van der Waals surface area (Å²) in [7, 11) is 1.62. The van der Waals surface area contributed by atoms with Crippen LogP contribution in [0.5, 0.6) is 5.75 Å². The van der Waals surface area contributed by atoms with Gasteiger partial charge in [-0.3, -0.25) is 4.79 Å². The summed E-state index contributed by atoms with van der Waals surface area (Å²) in [6.07, 6.45) is 1.84. The molecular weight excluding hydrogens is 404 g/mol. The molecule has 0 bridgehead atoms. The first-order valence-corrected chi connectivity index (χ1v) is 9.94. The molecule has 0 aliphatic carbocycles. The predicted molar refractivity (Wildman–Crippen MR) is 114 cm³/mol. The second kappa shape index (κ2) is 9.05. The van der Waals surface area contributed by atoms with Gasteiger partial charge in [-0.1, -0.05) is 41.0 Å². The van der Waals surface area contributed by atoms with Crippen molar-refractivity contribution in [2.24, 2.45) is 5.16 Å². The Labute approximate surface area is 179 Å². The number of carbonyl (C=O) groups excluding carboxylic acids is 1. The molecule has 0 N–H and O–H groups in total. The quantitative estimate of drug-likeness (QED) is 0.547. The van der Waals surface area contributed by atoms with Gasteiger partial charge in [0.15, 0.2) is 11.9 Å². The number of ether oxygens (including phenoxy) is 1. The Morgan fingerprint density at radius 1 is 1.20 bits per heavy atom. The summed E-state index contributed by atoms with van der Waals surface area (Å²) >= 11 is 5.97. The van der Waals surface area contributed by atoms with Gasteiger partial charge in [0, 0.05) is 18.0 Å². The maximum Gasteiger partial charge on any atom is 0.289 e. The lowest BCUT2D eigenvalue weighted by atomic mass is 10.0. The molecule has 30 heavy (non-hydrogen) atoms. The van der Waals surface area contributed by atoms with Gasteiger partial charge in [0.25, 0.3) is 5.91 Å². The van der Waals surface area contributed by atoms with E-state index >= 15 is 0 Å². The number of halogens is 1. The lowest BCUT2D eigenvalue weighted by Gasteiger charge is -2.24. The molecule has 0 fully saturated rings. The van der Waals surface area contributed by atoms with E-state index in [1.165, 1.54) is 6.26 Å². The monoisotopic (exact) mass is 424 g/mol. The van der Waals surface area contributed by atoms with Gasteiger partial charge in [0.2, 0.25) is 0 Å². The van der Waals surface area contributed by atoms with Crippen LogP contribution in [0.1, 0.15) is 28.1 Å². The highest BCUT2D eigenvalue weighted by molar-refractivity contribution is 6.30. The average molecular weight is 425 g/mol. The number of hydrogen-bond acceptors (Lipinski definition) is 5. The van der Waals surface area contributed by atoms with Gasteiger partial charge >= 0.3 is 0 Å². The Morgan fingerprint density at radius 2 is 2.03 bits per heavy atom. The summed E-state index contributed by atoms with van der Waals surface area (Å²) < 4.78 is 10.6. The minimum atomic E-state index is -0.250. The minimum Gasteiger partial charge on any atom is -0.497 e. The molecule has 154 valence electrons. The zero-order valence-electron chi connectivity index (χ0n) is 16.5. The molecule has 3 aromatic rings. The summed E-state index contributed by atoms with van der Waals surface area (Å²) in [5, 5.41) is 4.89. The molecule has 2 heterocycles. The number of nitrogens with zero attached hydrogens (tertiary/aromatic N) is 2. The summed E-state index contributed by atoms with van der Waals surface area (Å²) in [5.41, 5.74) is 2.74. The highest BCUT2D eigenvalue weighted by atomic mass is 35.5. The Hall–Kier alpha value is -3.25. The van der Waals surface area contributed by atoms with Crippen LogP contribution in [0.15, 0.2) is 76.5 Å². The van der Waals surface area contributed by atoms with E-state index in [0.717, 1.165) is 22.6 Å². The number of rotatable bonds is 7. The third kappa shape index (κ3) is 4.66. The van der Waals surface area contributed by atoms with Crippen LogP contribution in [0.25, 0.3) is 0 Å². The molecular formula is C23H21ClN2O4. The van der Waals surface area contributed by atoms with Crippen LogP contribution >= 0.6 is 11.6 Å². The molecule has 1 aromatic heterocycles. The molecule has 1 aliphatic rings. The number of methoxy groups -OCH3 is 1. The van der Waals surface area contributed by atoms with Crippen LogP contribution < -0.4 is 4.74 Å². The molecule has 1 atom stereocenters. The highest BCUT2D eigenvalue weighted by Crippen LogP contribution is 2.22. The normalized spacial score (nSPS) is 15.4. The second-order valence-electron chi connectivity index (χ2n) is 6.99. The molecule has 0 saturated heterocycles. The number of hydrogen-bond donors (Lipinski definition) is 0. The van der Waals surface area contributed by atoms with E-state index < -0.39 is 0 Å². The van der Waals surface area contributed by atoms with Gasteiger partial charge in [0.05, 0.1) is 25.6 Å². The van der Waals surface area contributed by atoms with Crippen LogP contribution in [0.2, 0.25) is 5.02 Å². The summed E-state index contributed by atoms with van der Waals surface area (Å²) in [5.74, 6) is 0.824. The molecule has 2 aromatic carbocycles. The van der Waals surface area contributed by atoms with Crippen molar-refractivity contribution in [2.75, 3.05) is 13.7 Å². The molecule has 0 spiro atoms. The van der Waals surface area contributed by atoms with Crippen LogP contribution in [-0.2, 0) is 11.4 Å². The van der Waals surface area contributed by atoms with E-state index in [2.05, 4.69) is 5.16 Å². The molecule has 0 saturated carbocycles. The van der Waals surface area contributed by atoms with Gasteiger partial charge in [-0.25, -0.2) is 0 Å². The fourth-order valence-electron chi connectivity index (χ4n) is 3.35. The van der Waals surface area contributed by atoms with Crippen molar-refractivity contribution >= 4 is 23.2 Å². The number of amides is 1. The van der Waals surface area contributed by atoms with Crippen LogP contribution in [-0.4, -0.2) is 36.3 Å². The van der Waals surface area contributed by atoms with Crippen molar-refractivity contribution in [1.29, 1.82) is 0 Å². The van der Waals surface area contributed by atoms with Crippen molar-refractivity contribution in [3.8, 4) is 5.75 Å². The third-order valence-corrected chi connectivity index (χ3v) is 5.11. The van der Waals surface area contributed by atoms with Crippen molar-refractivity contribution in [2.45, 2.75) is 19.1 Å². The lowest BCUT2D eigenvalue weighted by molar-refractivity contribution is 0.0387. The van der Waals surface area contributed by atoms with Crippen LogP contribution in [0.4, 0.5) is 0 Å². The van der Waals surface area contributed by atoms with Gasteiger partial charge in [-0.15, -0.1) is 0 Å². The van der Waals surface area contributed by atoms with E-state index in [9.17, 15) is 4.79 Å². The molecule has 4 rings (SSSR count). The minimum absolute atomic E-state index is 0.202. The van der Waals surface area contributed by atoms with E-state index in [0.29, 0.717) is 24.5 Å². The first kappa shape index (κ1) is 20.0. The third-order valence-electron chi connectivity index (χ3n) is 4.86. The predicted octanol–water partition coefficient (Wildman–Crippen LogP) is 4.78. The number of furan rings is 1. The fraction of sp³-hybridized carbons (Fsp3) is 0.217. The van der Waals surface area contributed by atoms with E-state index in [-0.39, 0.29) is 17.8 Å². The maximum absolute atomic E-state index is 13.0. The van der Waals surface area contributed by atoms with Gasteiger partial charge in [-0.2, -0.15) is 0 Å². The van der Waals surface area contributed by atoms with Crippen molar-refractivity contribution < 1.29 is 18.8 Å². The first-order chi connectivity index (χ1) is 14.6. The molecule has 0 radical (unpaired) electrons. The van der Waals surface area contributed by atoms with Crippen LogP contribution in [0.3, 0.4) is 0 Å². The van der Waals surface area contributed by atoms with Crippen LogP contribution in [0, 0.1) is 0 Å². The smallest absolute Gasteiger partial charge is 0.289 e. The highest BCUT2D eigenvalue weighted by Gasteiger charge is 2.28. The first-order valence-electron chi connectivity index (χ1n) is 9.56. The summed E-state index contributed by atoms with van der Waals surface area (Å²) in [6, 6.07) is 18.5. The standard InChI is InChI=1S/C23H21ClN2O4/c1-28-19-5-2-4-16(12-19)14-26(23(27)22-6-3-11-29-22)15-20-13-21(25-30-20)17-7-9-18(24)10-8-17/h2-12,20H,13-15H2,1H3. The lowest BCUT2D eigenvalue weighted by Crippen LogP contribution is -2.37. The number of carbonyl (C=O) groups is 1. The number of oxime groups is 1.